The highest BCUT2D eigenvalue weighted by Crippen LogP contribution is 2.22. The maximum Gasteiger partial charge on any atom is 0.175 e. The Morgan fingerprint density at radius 3 is 2.00 bits per heavy atom. The summed E-state index contributed by atoms with van der Waals surface area (Å²) in [6.07, 6.45) is 1.20. The molecule has 0 heterocycles. The van der Waals surface area contributed by atoms with Gasteiger partial charge in [0.2, 0.25) is 0 Å². The van der Waals surface area contributed by atoms with Crippen LogP contribution in [0.15, 0.2) is 29.2 Å². The summed E-state index contributed by atoms with van der Waals surface area (Å²) in [7, 11) is -3.10. The molecule has 1 aromatic rings. The van der Waals surface area contributed by atoms with Crippen molar-refractivity contribution in [2.75, 3.05) is 12.8 Å². The first-order chi connectivity index (χ1) is 6.77. The minimum absolute atomic E-state index is 0.115. The van der Waals surface area contributed by atoms with Crippen molar-refractivity contribution >= 4 is 9.84 Å². The van der Waals surface area contributed by atoms with Crippen molar-refractivity contribution in [3.05, 3.63) is 29.8 Å². The predicted molar refractivity (Wildman–Crippen MR) is 61.6 cm³/mol. The highest BCUT2D eigenvalue weighted by molar-refractivity contribution is 7.90. The Bertz CT molecular complexity index is 432. The lowest BCUT2D eigenvalue weighted by molar-refractivity contribution is 0.538. The molecule has 0 radical (unpaired) electrons. The van der Waals surface area contributed by atoms with Gasteiger partial charge in [-0.2, -0.15) is 0 Å². The van der Waals surface area contributed by atoms with Crippen LogP contribution < -0.4 is 5.73 Å². The van der Waals surface area contributed by atoms with Crippen LogP contribution in [-0.4, -0.2) is 21.2 Å². The minimum Gasteiger partial charge on any atom is -0.330 e. The molecule has 0 saturated carbocycles. The third-order valence-electron chi connectivity index (χ3n) is 2.57. The number of benzene rings is 1. The highest BCUT2D eigenvalue weighted by atomic mass is 32.2. The van der Waals surface area contributed by atoms with Gasteiger partial charge >= 0.3 is 0 Å². The van der Waals surface area contributed by atoms with Crippen LogP contribution in [0.5, 0.6) is 0 Å². The van der Waals surface area contributed by atoms with Crippen LogP contribution in [-0.2, 0) is 15.3 Å². The topological polar surface area (TPSA) is 60.2 Å². The number of rotatable bonds is 3. The van der Waals surface area contributed by atoms with Gasteiger partial charge < -0.3 is 5.73 Å². The molecule has 0 atom stereocenters. The second-order valence-electron chi connectivity index (χ2n) is 4.38. The summed E-state index contributed by atoms with van der Waals surface area (Å²) >= 11 is 0. The Morgan fingerprint density at radius 2 is 1.67 bits per heavy atom. The fraction of sp³-hybridized carbons (Fsp3) is 0.455. The Kier molecular flexibility index (Phi) is 3.21. The van der Waals surface area contributed by atoms with Crippen LogP contribution in [0.1, 0.15) is 19.4 Å². The number of hydrogen-bond donors (Lipinski definition) is 1. The lowest BCUT2D eigenvalue weighted by Gasteiger charge is -2.22. The average molecular weight is 227 g/mol. The molecule has 0 aliphatic heterocycles. The van der Waals surface area contributed by atoms with Gasteiger partial charge in [0.15, 0.2) is 9.84 Å². The maximum absolute atomic E-state index is 11.2. The summed E-state index contributed by atoms with van der Waals surface area (Å²) in [6.45, 7) is 4.59. The van der Waals surface area contributed by atoms with Crippen molar-refractivity contribution in [2.45, 2.75) is 24.2 Å². The van der Waals surface area contributed by atoms with E-state index in [1.54, 1.807) is 12.1 Å². The molecule has 0 aliphatic rings. The van der Waals surface area contributed by atoms with Crippen LogP contribution in [0.2, 0.25) is 0 Å². The molecule has 0 fully saturated rings. The molecule has 0 aliphatic carbocycles. The zero-order valence-electron chi connectivity index (χ0n) is 9.32. The van der Waals surface area contributed by atoms with E-state index in [4.69, 9.17) is 5.73 Å². The van der Waals surface area contributed by atoms with Gasteiger partial charge in [0, 0.05) is 18.2 Å². The van der Waals surface area contributed by atoms with Gasteiger partial charge in [-0.3, -0.25) is 0 Å². The fourth-order valence-corrected chi connectivity index (χ4v) is 1.90. The quantitative estimate of drug-likeness (QED) is 0.847. The van der Waals surface area contributed by atoms with E-state index in [-0.39, 0.29) is 5.41 Å². The van der Waals surface area contributed by atoms with E-state index in [0.29, 0.717) is 11.4 Å². The smallest absolute Gasteiger partial charge is 0.175 e. The molecular weight excluding hydrogens is 210 g/mol. The third kappa shape index (κ3) is 2.79. The Balaban J connectivity index is 3.12. The van der Waals surface area contributed by atoms with Crippen molar-refractivity contribution in [2.24, 2.45) is 5.73 Å². The first-order valence-electron chi connectivity index (χ1n) is 4.78. The van der Waals surface area contributed by atoms with Gasteiger partial charge in [0.25, 0.3) is 0 Å². The van der Waals surface area contributed by atoms with E-state index in [2.05, 4.69) is 0 Å². The third-order valence-corrected chi connectivity index (χ3v) is 3.70. The minimum atomic E-state index is -3.10. The zero-order chi connectivity index (χ0) is 11.7. The second-order valence-corrected chi connectivity index (χ2v) is 6.40. The monoisotopic (exact) mass is 227 g/mol. The summed E-state index contributed by atoms with van der Waals surface area (Å²) in [5, 5.41) is 0. The lowest BCUT2D eigenvalue weighted by atomic mass is 9.85. The molecule has 0 unspecified atom stereocenters. The number of nitrogens with two attached hydrogens (primary N) is 1. The number of hydrogen-bond acceptors (Lipinski definition) is 3. The summed E-state index contributed by atoms with van der Waals surface area (Å²) < 4.78 is 22.5. The molecule has 15 heavy (non-hydrogen) atoms. The highest BCUT2D eigenvalue weighted by Gasteiger charge is 2.18. The largest absolute Gasteiger partial charge is 0.330 e. The lowest BCUT2D eigenvalue weighted by Crippen LogP contribution is -2.27. The van der Waals surface area contributed by atoms with E-state index >= 15 is 0 Å². The molecule has 0 bridgehead atoms. The van der Waals surface area contributed by atoms with Crippen molar-refractivity contribution in [3.63, 3.8) is 0 Å². The molecule has 0 spiro atoms. The van der Waals surface area contributed by atoms with Crippen molar-refractivity contribution in [1.29, 1.82) is 0 Å². The first-order valence-corrected chi connectivity index (χ1v) is 6.67. The Hall–Kier alpha value is -0.870. The molecule has 84 valence electrons. The van der Waals surface area contributed by atoms with E-state index in [0.717, 1.165) is 5.56 Å². The van der Waals surface area contributed by atoms with Crippen LogP contribution in [0.3, 0.4) is 0 Å². The maximum atomic E-state index is 11.2. The molecule has 1 rings (SSSR count). The van der Waals surface area contributed by atoms with E-state index in [1.807, 2.05) is 26.0 Å². The van der Waals surface area contributed by atoms with Crippen molar-refractivity contribution < 1.29 is 8.42 Å². The standard InChI is InChI=1S/C11H17NO2S/c1-11(2,8-12)9-4-6-10(7-5-9)15(3,13)14/h4-7H,8,12H2,1-3H3. The molecule has 4 heteroatoms. The SMILES string of the molecule is CC(C)(CN)c1ccc(S(C)(=O)=O)cc1. The summed E-state index contributed by atoms with van der Waals surface area (Å²) in [4.78, 5) is 0.346. The molecule has 2 N–H and O–H groups in total. The predicted octanol–water partition coefficient (Wildman–Crippen LogP) is 1.33. The van der Waals surface area contributed by atoms with Gasteiger partial charge in [-0.1, -0.05) is 26.0 Å². The molecule has 0 amide bonds. The molecular formula is C11H17NO2S. The summed E-state index contributed by atoms with van der Waals surface area (Å²) in [6, 6.07) is 6.90. The van der Waals surface area contributed by atoms with Gasteiger partial charge in [-0.25, -0.2) is 8.42 Å². The van der Waals surface area contributed by atoms with Crippen molar-refractivity contribution in [3.8, 4) is 0 Å². The van der Waals surface area contributed by atoms with Gasteiger partial charge in [0.1, 0.15) is 0 Å². The van der Waals surface area contributed by atoms with Gasteiger partial charge in [-0.05, 0) is 17.7 Å². The summed E-state index contributed by atoms with van der Waals surface area (Å²) in [5.74, 6) is 0. The molecule has 3 nitrogen and oxygen atoms in total. The molecule has 0 saturated heterocycles. The van der Waals surface area contributed by atoms with E-state index in [9.17, 15) is 8.42 Å². The zero-order valence-corrected chi connectivity index (χ0v) is 10.1. The van der Waals surface area contributed by atoms with Gasteiger partial charge in [0.05, 0.1) is 4.90 Å². The molecule has 0 aromatic heterocycles. The average Bonchev–Trinajstić information content (AvgIpc) is 2.17. The Labute approximate surface area is 91.2 Å². The van der Waals surface area contributed by atoms with E-state index in [1.165, 1.54) is 6.26 Å². The Morgan fingerprint density at radius 1 is 1.20 bits per heavy atom. The van der Waals surface area contributed by atoms with Crippen LogP contribution in [0, 0.1) is 0 Å². The second kappa shape index (κ2) is 3.94. The fourth-order valence-electron chi connectivity index (χ4n) is 1.27. The van der Waals surface area contributed by atoms with E-state index < -0.39 is 9.84 Å². The van der Waals surface area contributed by atoms with Crippen LogP contribution in [0.4, 0.5) is 0 Å². The van der Waals surface area contributed by atoms with Gasteiger partial charge in [-0.15, -0.1) is 0 Å². The first kappa shape index (κ1) is 12.2. The van der Waals surface area contributed by atoms with Crippen LogP contribution in [0.25, 0.3) is 0 Å². The summed E-state index contributed by atoms with van der Waals surface area (Å²) in [5.41, 5.74) is 6.58. The normalized spacial score (nSPS) is 12.8. The number of sulfone groups is 1. The van der Waals surface area contributed by atoms with Crippen LogP contribution >= 0.6 is 0 Å². The molecule has 1 aromatic carbocycles. The van der Waals surface area contributed by atoms with Crippen molar-refractivity contribution in [1.82, 2.24) is 0 Å².